The van der Waals surface area contributed by atoms with Gasteiger partial charge in [-0.05, 0) is 17.7 Å². The van der Waals surface area contributed by atoms with Crippen LogP contribution in [0, 0.1) is 5.82 Å². The van der Waals surface area contributed by atoms with Gasteiger partial charge in [-0.15, -0.1) is 0 Å². The largest absolute Gasteiger partial charge is 0.505 e. The van der Waals surface area contributed by atoms with Gasteiger partial charge in [-0.3, -0.25) is 19.5 Å². The van der Waals surface area contributed by atoms with Gasteiger partial charge in [0.1, 0.15) is 16.9 Å². The van der Waals surface area contributed by atoms with Gasteiger partial charge in [-0.1, -0.05) is 12.1 Å². The summed E-state index contributed by atoms with van der Waals surface area (Å²) in [6.07, 6.45) is 2.10. The highest BCUT2D eigenvalue weighted by Crippen LogP contribution is 2.34. The number of anilines is 1. The third kappa shape index (κ3) is 4.22. The minimum Gasteiger partial charge on any atom is -0.505 e. The van der Waals surface area contributed by atoms with E-state index >= 15 is 0 Å². The maximum absolute atomic E-state index is 13.3. The standard InChI is InChI=1S/C24H26FN5O4/c25-17-3-1-15(2-4-17)13-16-14-28-20-21-19(16)26-6-8-30(21)24(33)18(22(20)31)23(32)27-5-7-29-9-11-34-12-10-29/h1-4,14,26,31H,5-13H2,(H,27,32). The van der Waals surface area contributed by atoms with Crippen molar-refractivity contribution in [1.29, 1.82) is 0 Å². The molecule has 0 atom stereocenters. The molecule has 3 N–H and O–H groups in total. The van der Waals surface area contributed by atoms with Crippen LogP contribution in [0.1, 0.15) is 21.5 Å². The Hall–Kier alpha value is -3.50. The molecule has 2 aliphatic heterocycles. The van der Waals surface area contributed by atoms with Crippen molar-refractivity contribution < 1.29 is 19.0 Å². The highest BCUT2D eigenvalue weighted by Gasteiger charge is 2.27. The van der Waals surface area contributed by atoms with E-state index in [9.17, 15) is 19.1 Å². The van der Waals surface area contributed by atoms with Crippen LogP contribution < -0.4 is 16.2 Å². The van der Waals surface area contributed by atoms with Gasteiger partial charge in [0.05, 0.1) is 24.4 Å². The fourth-order valence-electron chi connectivity index (χ4n) is 4.54. The number of rotatable bonds is 6. The van der Waals surface area contributed by atoms with Crippen molar-refractivity contribution in [3.8, 4) is 5.75 Å². The Morgan fingerprint density at radius 3 is 2.74 bits per heavy atom. The van der Waals surface area contributed by atoms with E-state index in [0.717, 1.165) is 24.2 Å². The Morgan fingerprint density at radius 1 is 1.21 bits per heavy atom. The number of morpholine rings is 1. The van der Waals surface area contributed by atoms with Crippen LogP contribution in [0.25, 0.3) is 11.0 Å². The number of carbonyl (C=O) groups excluding carboxylic acids is 1. The van der Waals surface area contributed by atoms with Crippen LogP contribution in [0.3, 0.4) is 0 Å². The molecule has 0 spiro atoms. The molecule has 2 aliphatic rings. The number of benzene rings is 1. The summed E-state index contributed by atoms with van der Waals surface area (Å²) in [5.74, 6) is -1.34. The fourth-order valence-corrected chi connectivity index (χ4v) is 4.54. The predicted octanol–water partition coefficient (Wildman–Crippen LogP) is 1.32. The molecule has 0 aliphatic carbocycles. The molecule has 3 aromatic rings. The summed E-state index contributed by atoms with van der Waals surface area (Å²) >= 11 is 0. The third-order valence-electron chi connectivity index (χ3n) is 6.31. The minimum atomic E-state index is -0.612. The number of amides is 1. The highest BCUT2D eigenvalue weighted by molar-refractivity contribution is 6.04. The molecular weight excluding hydrogens is 441 g/mol. The molecule has 0 saturated carbocycles. The van der Waals surface area contributed by atoms with Gasteiger partial charge in [0, 0.05) is 57.4 Å². The molecule has 10 heteroatoms. The van der Waals surface area contributed by atoms with Crippen molar-refractivity contribution >= 4 is 22.6 Å². The van der Waals surface area contributed by atoms with E-state index in [1.165, 1.54) is 16.7 Å². The topological polar surface area (TPSA) is 109 Å². The number of nitrogens with one attached hydrogen (secondary N) is 2. The first-order chi connectivity index (χ1) is 16.5. The van der Waals surface area contributed by atoms with Crippen molar-refractivity contribution in [2.75, 3.05) is 51.3 Å². The molecular formula is C24H26FN5O4. The molecule has 178 valence electrons. The Labute approximate surface area is 195 Å². The predicted molar refractivity (Wildman–Crippen MR) is 125 cm³/mol. The summed E-state index contributed by atoms with van der Waals surface area (Å²) in [6.45, 7) is 4.74. The second-order valence-corrected chi connectivity index (χ2v) is 8.48. The zero-order chi connectivity index (χ0) is 23.7. The highest BCUT2D eigenvalue weighted by atomic mass is 19.1. The summed E-state index contributed by atoms with van der Waals surface area (Å²) in [4.78, 5) is 32.7. The average molecular weight is 468 g/mol. The SMILES string of the molecule is O=C(NCCN1CCOCC1)c1c(O)c2ncc(Cc3ccc(F)cc3)c3c2n(c1=O)CCN3. The number of aromatic hydroxyl groups is 1. The Balaban J connectivity index is 1.45. The van der Waals surface area contributed by atoms with E-state index in [-0.39, 0.29) is 16.9 Å². The van der Waals surface area contributed by atoms with Crippen LogP contribution in [0.4, 0.5) is 10.1 Å². The molecule has 2 aromatic heterocycles. The third-order valence-corrected chi connectivity index (χ3v) is 6.31. The summed E-state index contributed by atoms with van der Waals surface area (Å²) < 4.78 is 20.1. The van der Waals surface area contributed by atoms with Gasteiger partial charge >= 0.3 is 0 Å². The molecule has 1 fully saturated rings. The monoisotopic (exact) mass is 467 g/mol. The Morgan fingerprint density at radius 2 is 1.97 bits per heavy atom. The number of ether oxygens (including phenoxy) is 1. The van der Waals surface area contributed by atoms with Gasteiger partial charge in [0.25, 0.3) is 11.5 Å². The number of halogens is 1. The van der Waals surface area contributed by atoms with E-state index in [0.29, 0.717) is 57.0 Å². The zero-order valence-electron chi connectivity index (χ0n) is 18.6. The van der Waals surface area contributed by atoms with Gasteiger partial charge in [0.15, 0.2) is 5.75 Å². The van der Waals surface area contributed by atoms with Crippen molar-refractivity contribution in [2.24, 2.45) is 0 Å². The van der Waals surface area contributed by atoms with E-state index in [1.54, 1.807) is 18.3 Å². The molecule has 1 aromatic carbocycles. The van der Waals surface area contributed by atoms with Crippen molar-refractivity contribution in [3.63, 3.8) is 0 Å². The molecule has 1 amide bonds. The summed E-state index contributed by atoms with van der Waals surface area (Å²) in [5, 5.41) is 17.0. The van der Waals surface area contributed by atoms with E-state index in [1.807, 2.05) is 0 Å². The first-order valence-corrected chi connectivity index (χ1v) is 11.4. The number of pyridine rings is 2. The smallest absolute Gasteiger partial charge is 0.267 e. The lowest BCUT2D eigenvalue weighted by atomic mass is 10.0. The summed E-state index contributed by atoms with van der Waals surface area (Å²) in [6, 6.07) is 6.19. The Bertz CT molecular complexity index is 1290. The maximum Gasteiger partial charge on any atom is 0.267 e. The number of hydrogen-bond donors (Lipinski definition) is 3. The van der Waals surface area contributed by atoms with Gasteiger partial charge in [0.2, 0.25) is 0 Å². The van der Waals surface area contributed by atoms with E-state index in [2.05, 4.69) is 20.5 Å². The van der Waals surface area contributed by atoms with Crippen LogP contribution in [-0.4, -0.2) is 71.4 Å². The van der Waals surface area contributed by atoms with Gasteiger partial charge < -0.3 is 25.0 Å². The zero-order valence-corrected chi connectivity index (χ0v) is 18.6. The summed E-state index contributed by atoms with van der Waals surface area (Å²) in [5.41, 5.74) is 2.22. The molecule has 0 radical (unpaired) electrons. The molecule has 0 bridgehead atoms. The second-order valence-electron chi connectivity index (χ2n) is 8.48. The molecule has 34 heavy (non-hydrogen) atoms. The van der Waals surface area contributed by atoms with Gasteiger partial charge in [-0.25, -0.2) is 4.39 Å². The van der Waals surface area contributed by atoms with E-state index in [4.69, 9.17) is 4.74 Å². The molecule has 1 saturated heterocycles. The number of aromatic nitrogens is 2. The fraction of sp³-hybridized carbons (Fsp3) is 0.375. The average Bonchev–Trinajstić information content (AvgIpc) is 2.85. The Kier molecular flexibility index (Phi) is 6.16. The normalized spacial score (nSPS) is 15.8. The van der Waals surface area contributed by atoms with Crippen LogP contribution in [-0.2, 0) is 17.7 Å². The van der Waals surface area contributed by atoms with Crippen LogP contribution in [0.15, 0.2) is 35.3 Å². The van der Waals surface area contributed by atoms with Crippen LogP contribution >= 0.6 is 0 Å². The first kappa shape index (κ1) is 22.3. The van der Waals surface area contributed by atoms with Crippen molar-refractivity contribution in [2.45, 2.75) is 13.0 Å². The maximum atomic E-state index is 13.3. The first-order valence-electron chi connectivity index (χ1n) is 11.4. The van der Waals surface area contributed by atoms with Crippen LogP contribution in [0.5, 0.6) is 5.75 Å². The quantitative estimate of drug-likeness (QED) is 0.502. The summed E-state index contributed by atoms with van der Waals surface area (Å²) in [7, 11) is 0. The van der Waals surface area contributed by atoms with Crippen molar-refractivity contribution in [3.05, 3.63) is 63.3 Å². The van der Waals surface area contributed by atoms with E-state index < -0.39 is 17.2 Å². The molecule has 5 rings (SSSR count). The lowest BCUT2D eigenvalue weighted by molar-refractivity contribution is 0.0383. The minimum absolute atomic E-state index is 0.197. The second kappa shape index (κ2) is 9.40. The lowest BCUT2D eigenvalue weighted by Crippen LogP contribution is -2.42. The number of nitrogens with zero attached hydrogens (tertiary/aromatic N) is 3. The lowest BCUT2D eigenvalue weighted by Gasteiger charge is -2.26. The van der Waals surface area contributed by atoms with Crippen LogP contribution in [0.2, 0.25) is 0 Å². The van der Waals surface area contributed by atoms with Gasteiger partial charge in [-0.2, -0.15) is 0 Å². The molecule has 0 unspecified atom stereocenters. The molecule has 4 heterocycles. The number of hydrogen-bond acceptors (Lipinski definition) is 7. The number of carbonyl (C=O) groups is 1. The molecule has 9 nitrogen and oxygen atoms in total. The van der Waals surface area contributed by atoms with Crippen molar-refractivity contribution in [1.82, 2.24) is 19.8 Å².